The van der Waals surface area contributed by atoms with E-state index in [1.807, 2.05) is 30.3 Å². The predicted octanol–water partition coefficient (Wildman–Crippen LogP) is 4.05. The lowest BCUT2D eigenvalue weighted by Crippen LogP contribution is -2.07. The van der Waals surface area contributed by atoms with Gasteiger partial charge in [0.25, 0.3) is 0 Å². The number of nitrogens with zero attached hydrogens (tertiary/aromatic N) is 1. The number of thiazole rings is 1. The zero-order valence-electron chi connectivity index (χ0n) is 11.2. The summed E-state index contributed by atoms with van der Waals surface area (Å²) in [5.74, 6) is 0.594. The molecule has 3 rings (SSSR count). The van der Waals surface area contributed by atoms with E-state index in [4.69, 9.17) is 4.98 Å². The smallest absolute Gasteiger partial charge is 0.131 e. The minimum Gasteiger partial charge on any atom is -0.381 e. The summed E-state index contributed by atoms with van der Waals surface area (Å²) in [6, 6.07) is 9.81. The van der Waals surface area contributed by atoms with E-state index in [0.717, 1.165) is 23.4 Å². The number of hydrogen-bond donors (Lipinski definition) is 1. The number of hydrogen-bond acceptors (Lipinski definition) is 3. The van der Waals surface area contributed by atoms with Gasteiger partial charge in [0, 0.05) is 10.8 Å². The van der Waals surface area contributed by atoms with Crippen molar-refractivity contribution in [2.45, 2.75) is 44.6 Å². The molecule has 2 aromatic rings. The van der Waals surface area contributed by atoms with Gasteiger partial charge in [-0.1, -0.05) is 37.3 Å². The van der Waals surface area contributed by atoms with Crippen molar-refractivity contribution in [3.8, 4) is 0 Å². The van der Waals surface area contributed by atoms with E-state index in [-0.39, 0.29) is 0 Å². The first-order valence-corrected chi connectivity index (χ1v) is 7.83. The average Bonchev–Trinajstić information content (AvgIpc) is 2.91. The number of aliphatic hydroxyl groups excluding tert-OH is 1. The third-order valence-corrected chi connectivity index (χ3v) is 5.11. The molecule has 1 N–H and O–H groups in total. The van der Waals surface area contributed by atoms with Crippen LogP contribution in [0.15, 0.2) is 30.3 Å². The molecule has 0 amide bonds. The van der Waals surface area contributed by atoms with Crippen molar-refractivity contribution in [3.63, 3.8) is 0 Å². The fourth-order valence-electron chi connectivity index (χ4n) is 2.82. The monoisotopic (exact) mass is 273 g/mol. The first-order chi connectivity index (χ1) is 9.29. The number of aromatic nitrogens is 1. The van der Waals surface area contributed by atoms with Gasteiger partial charge in [0.1, 0.15) is 11.1 Å². The van der Waals surface area contributed by atoms with Crippen molar-refractivity contribution >= 4 is 11.3 Å². The van der Waals surface area contributed by atoms with E-state index in [2.05, 4.69) is 6.92 Å². The van der Waals surface area contributed by atoms with Crippen molar-refractivity contribution < 1.29 is 5.11 Å². The maximum Gasteiger partial charge on any atom is 0.131 e. The summed E-state index contributed by atoms with van der Waals surface area (Å²) in [4.78, 5) is 6.14. The highest BCUT2D eigenvalue weighted by Crippen LogP contribution is 2.38. The highest BCUT2D eigenvalue weighted by molar-refractivity contribution is 7.11. The van der Waals surface area contributed by atoms with Gasteiger partial charge in [0.2, 0.25) is 0 Å². The third-order valence-electron chi connectivity index (χ3n) is 3.93. The van der Waals surface area contributed by atoms with Gasteiger partial charge in [0.05, 0.1) is 5.69 Å². The molecule has 0 fully saturated rings. The molecule has 0 aliphatic heterocycles. The van der Waals surface area contributed by atoms with Crippen LogP contribution in [-0.4, -0.2) is 10.1 Å². The Labute approximate surface area is 118 Å². The Morgan fingerprint density at radius 3 is 2.89 bits per heavy atom. The van der Waals surface area contributed by atoms with E-state index in [1.165, 1.54) is 23.4 Å². The zero-order chi connectivity index (χ0) is 13.2. The van der Waals surface area contributed by atoms with Crippen molar-refractivity contribution in [1.82, 2.24) is 4.98 Å². The highest BCUT2D eigenvalue weighted by Gasteiger charge is 2.25. The van der Waals surface area contributed by atoms with Gasteiger partial charge >= 0.3 is 0 Å². The quantitative estimate of drug-likeness (QED) is 0.915. The molecule has 0 saturated carbocycles. The molecule has 3 heteroatoms. The summed E-state index contributed by atoms with van der Waals surface area (Å²) in [5.41, 5.74) is 2.19. The van der Waals surface area contributed by atoms with Gasteiger partial charge in [0.15, 0.2) is 0 Å². The maximum absolute atomic E-state index is 10.4. The Kier molecular flexibility index (Phi) is 3.67. The molecule has 0 spiro atoms. The SMILES string of the molecule is CCC1CCCc2sc(C(O)c3ccccc3)nc21. The average molecular weight is 273 g/mol. The summed E-state index contributed by atoms with van der Waals surface area (Å²) in [6.45, 7) is 2.23. The summed E-state index contributed by atoms with van der Waals surface area (Å²) in [7, 11) is 0. The van der Waals surface area contributed by atoms with Crippen LogP contribution in [0.4, 0.5) is 0 Å². The van der Waals surface area contributed by atoms with Crippen molar-refractivity contribution in [1.29, 1.82) is 0 Å². The minimum atomic E-state index is -0.575. The van der Waals surface area contributed by atoms with E-state index in [0.29, 0.717) is 5.92 Å². The molecule has 1 aliphatic carbocycles. The lowest BCUT2D eigenvalue weighted by molar-refractivity contribution is 0.219. The van der Waals surface area contributed by atoms with Crippen molar-refractivity contribution in [3.05, 3.63) is 51.5 Å². The van der Waals surface area contributed by atoms with E-state index < -0.39 is 6.10 Å². The molecule has 0 radical (unpaired) electrons. The molecule has 1 aliphatic rings. The van der Waals surface area contributed by atoms with Crippen LogP contribution in [0.3, 0.4) is 0 Å². The number of rotatable bonds is 3. The molecule has 1 aromatic heterocycles. The van der Waals surface area contributed by atoms with E-state index in [1.54, 1.807) is 11.3 Å². The van der Waals surface area contributed by atoms with Crippen molar-refractivity contribution in [2.75, 3.05) is 0 Å². The van der Waals surface area contributed by atoms with Gasteiger partial charge in [-0.05, 0) is 31.2 Å². The fraction of sp³-hybridized carbons (Fsp3) is 0.438. The number of aryl methyl sites for hydroxylation is 1. The van der Waals surface area contributed by atoms with Crippen LogP contribution in [0.5, 0.6) is 0 Å². The molecule has 2 nitrogen and oxygen atoms in total. The van der Waals surface area contributed by atoms with E-state index >= 15 is 0 Å². The van der Waals surface area contributed by atoms with Crippen LogP contribution in [0.1, 0.15) is 59.4 Å². The van der Waals surface area contributed by atoms with Crippen LogP contribution in [0.2, 0.25) is 0 Å². The van der Waals surface area contributed by atoms with Crippen LogP contribution in [-0.2, 0) is 6.42 Å². The minimum absolute atomic E-state index is 0.575. The summed E-state index contributed by atoms with van der Waals surface area (Å²) in [6.07, 6.45) is 4.21. The van der Waals surface area contributed by atoms with Crippen LogP contribution < -0.4 is 0 Å². The molecule has 1 heterocycles. The molecule has 2 atom stereocenters. The third kappa shape index (κ3) is 2.45. The van der Waals surface area contributed by atoms with Crippen LogP contribution in [0, 0.1) is 0 Å². The van der Waals surface area contributed by atoms with E-state index in [9.17, 15) is 5.11 Å². The number of fused-ring (bicyclic) bond motifs is 1. The second kappa shape index (κ2) is 5.43. The van der Waals surface area contributed by atoms with Gasteiger partial charge in [-0.15, -0.1) is 11.3 Å². The normalized spacial score (nSPS) is 20.0. The number of aliphatic hydroxyl groups is 1. The topological polar surface area (TPSA) is 33.1 Å². The summed E-state index contributed by atoms with van der Waals surface area (Å²) < 4.78 is 0. The second-order valence-electron chi connectivity index (χ2n) is 5.17. The molecule has 0 bridgehead atoms. The largest absolute Gasteiger partial charge is 0.381 e. The summed E-state index contributed by atoms with van der Waals surface area (Å²) >= 11 is 1.70. The lowest BCUT2D eigenvalue weighted by Gasteiger charge is -2.18. The Morgan fingerprint density at radius 1 is 1.37 bits per heavy atom. The highest BCUT2D eigenvalue weighted by atomic mass is 32.1. The Balaban J connectivity index is 1.92. The molecule has 0 saturated heterocycles. The Hall–Kier alpha value is -1.19. The molecule has 2 unspecified atom stereocenters. The fourth-order valence-corrected chi connectivity index (χ4v) is 4.03. The molecular formula is C16H19NOS. The standard InChI is InChI=1S/C16H19NOS/c1-2-11-9-6-10-13-14(11)17-16(19-13)15(18)12-7-4-3-5-8-12/h3-5,7-8,11,15,18H,2,6,9-10H2,1H3. The summed E-state index contributed by atoms with van der Waals surface area (Å²) in [5, 5.41) is 11.3. The molecular weight excluding hydrogens is 254 g/mol. The molecule has 1 aromatic carbocycles. The van der Waals surface area contributed by atoms with Crippen LogP contribution in [0.25, 0.3) is 0 Å². The predicted molar refractivity (Wildman–Crippen MR) is 78.6 cm³/mol. The van der Waals surface area contributed by atoms with Gasteiger partial charge in [-0.3, -0.25) is 0 Å². The molecule has 19 heavy (non-hydrogen) atoms. The first kappa shape index (κ1) is 12.8. The maximum atomic E-state index is 10.4. The van der Waals surface area contributed by atoms with Gasteiger partial charge in [-0.25, -0.2) is 4.98 Å². The lowest BCUT2D eigenvalue weighted by atomic mass is 9.89. The van der Waals surface area contributed by atoms with Gasteiger partial charge < -0.3 is 5.11 Å². The first-order valence-electron chi connectivity index (χ1n) is 7.02. The number of benzene rings is 1. The second-order valence-corrected chi connectivity index (χ2v) is 6.29. The Morgan fingerprint density at radius 2 is 2.16 bits per heavy atom. The zero-order valence-corrected chi connectivity index (χ0v) is 12.0. The van der Waals surface area contributed by atoms with Crippen LogP contribution >= 0.6 is 11.3 Å². The molecule has 100 valence electrons. The van der Waals surface area contributed by atoms with Gasteiger partial charge in [-0.2, -0.15) is 0 Å². The Bertz CT molecular complexity index is 549. The van der Waals surface area contributed by atoms with Crippen molar-refractivity contribution in [2.24, 2.45) is 0 Å².